The Labute approximate surface area is 111 Å². The zero-order valence-corrected chi connectivity index (χ0v) is 11.2. The van der Waals surface area contributed by atoms with E-state index in [0.29, 0.717) is 11.5 Å². The average molecular weight is 282 g/mol. The molecule has 0 radical (unpaired) electrons. The molecule has 1 aliphatic rings. The Balaban J connectivity index is 1.97. The number of ether oxygens (including phenoxy) is 2. The van der Waals surface area contributed by atoms with E-state index >= 15 is 0 Å². The molecule has 0 saturated heterocycles. The molecule has 1 aliphatic heterocycles. The van der Waals surface area contributed by atoms with E-state index in [2.05, 4.69) is 0 Å². The van der Waals surface area contributed by atoms with E-state index in [1.54, 1.807) is 24.3 Å². The quantitative estimate of drug-likeness (QED) is 0.619. The first-order chi connectivity index (χ1) is 9.00. The van der Waals surface area contributed by atoms with Gasteiger partial charge in [-0.05, 0) is 12.1 Å². The molecule has 19 heavy (non-hydrogen) atoms. The second-order valence-electron chi connectivity index (χ2n) is 4.25. The number of esters is 1. The van der Waals surface area contributed by atoms with Gasteiger partial charge in [0.05, 0.1) is 19.3 Å². The van der Waals surface area contributed by atoms with Gasteiger partial charge in [-0.2, -0.15) is 0 Å². The molecule has 2 rings (SSSR count). The van der Waals surface area contributed by atoms with Gasteiger partial charge in [0, 0.05) is 11.3 Å². The van der Waals surface area contributed by atoms with Gasteiger partial charge in [0.15, 0.2) is 21.3 Å². The third-order valence-electron chi connectivity index (χ3n) is 2.73. The number of hydrogen-bond acceptors (Lipinski definition) is 5. The molecule has 1 heterocycles. The standard InChI is InChI=1S/C13H14O5S/c1-17-11-4-2-3-5-12(11)18-13(14)8-10-6-7-19(15,16)9-10/h2-7,10H,8-9H2,1H3. The van der Waals surface area contributed by atoms with Crippen LogP contribution in [0.1, 0.15) is 6.42 Å². The predicted octanol–water partition coefficient (Wildman–Crippen LogP) is 1.55. The van der Waals surface area contributed by atoms with E-state index < -0.39 is 15.8 Å². The van der Waals surface area contributed by atoms with Crippen LogP contribution in [0.5, 0.6) is 11.5 Å². The van der Waals surface area contributed by atoms with Gasteiger partial charge in [0.2, 0.25) is 0 Å². The van der Waals surface area contributed by atoms with Crippen LogP contribution < -0.4 is 9.47 Å². The molecule has 0 aromatic heterocycles. The summed E-state index contributed by atoms with van der Waals surface area (Å²) in [5.74, 6) is -0.0256. The zero-order valence-electron chi connectivity index (χ0n) is 10.4. The molecule has 0 bridgehead atoms. The van der Waals surface area contributed by atoms with Crippen LogP contribution in [-0.4, -0.2) is 27.2 Å². The van der Waals surface area contributed by atoms with Gasteiger partial charge in [-0.25, -0.2) is 8.42 Å². The molecule has 1 unspecified atom stereocenters. The van der Waals surface area contributed by atoms with Crippen LogP contribution in [0.3, 0.4) is 0 Å². The Morgan fingerprint density at radius 1 is 1.32 bits per heavy atom. The summed E-state index contributed by atoms with van der Waals surface area (Å²) < 4.78 is 32.7. The number of methoxy groups -OCH3 is 1. The average Bonchev–Trinajstić information content (AvgIpc) is 2.69. The van der Waals surface area contributed by atoms with Gasteiger partial charge in [0.25, 0.3) is 0 Å². The highest BCUT2D eigenvalue weighted by Crippen LogP contribution is 2.27. The minimum atomic E-state index is -3.14. The molecular weight excluding hydrogens is 268 g/mol. The summed E-state index contributed by atoms with van der Waals surface area (Å²) in [5, 5.41) is 1.15. The number of allylic oxidation sites excluding steroid dienone is 1. The summed E-state index contributed by atoms with van der Waals surface area (Å²) in [6.07, 6.45) is 1.56. The first-order valence-corrected chi connectivity index (χ1v) is 7.46. The summed E-state index contributed by atoms with van der Waals surface area (Å²) >= 11 is 0. The van der Waals surface area contributed by atoms with Crippen molar-refractivity contribution in [3.05, 3.63) is 35.7 Å². The highest BCUT2D eigenvalue weighted by Gasteiger charge is 2.24. The lowest BCUT2D eigenvalue weighted by molar-refractivity contribution is -0.135. The van der Waals surface area contributed by atoms with Crippen LogP contribution >= 0.6 is 0 Å². The molecule has 5 nitrogen and oxygen atoms in total. The lowest BCUT2D eigenvalue weighted by Crippen LogP contribution is -2.15. The minimum absolute atomic E-state index is 0.0337. The van der Waals surface area contributed by atoms with Crippen molar-refractivity contribution in [3.8, 4) is 11.5 Å². The van der Waals surface area contributed by atoms with Gasteiger partial charge < -0.3 is 9.47 Å². The minimum Gasteiger partial charge on any atom is -0.493 e. The molecule has 0 fully saturated rings. The summed E-state index contributed by atoms with van der Waals surface area (Å²) in [7, 11) is -1.65. The lowest BCUT2D eigenvalue weighted by Gasteiger charge is -2.10. The first-order valence-electron chi connectivity index (χ1n) is 5.75. The van der Waals surface area contributed by atoms with Gasteiger partial charge >= 0.3 is 5.97 Å². The molecule has 1 aromatic rings. The summed E-state index contributed by atoms with van der Waals surface area (Å²) in [4.78, 5) is 11.7. The van der Waals surface area contributed by atoms with E-state index in [9.17, 15) is 13.2 Å². The van der Waals surface area contributed by atoms with Crippen LogP contribution in [-0.2, 0) is 14.6 Å². The maximum absolute atomic E-state index is 11.7. The van der Waals surface area contributed by atoms with Crippen molar-refractivity contribution in [2.24, 2.45) is 5.92 Å². The largest absolute Gasteiger partial charge is 0.493 e. The summed E-state index contributed by atoms with van der Waals surface area (Å²) in [6.45, 7) is 0. The smallest absolute Gasteiger partial charge is 0.311 e. The second kappa shape index (κ2) is 5.44. The molecular formula is C13H14O5S. The van der Waals surface area contributed by atoms with Crippen LogP contribution in [0.2, 0.25) is 0 Å². The van der Waals surface area contributed by atoms with E-state index in [4.69, 9.17) is 9.47 Å². The molecule has 0 N–H and O–H groups in total. The Bertz CT molecular complexity index is 603. The van der Waals surface area contributed by atoms with E-state index in [1.165, 1.54) is 13.2 Å². The highest BCUT2D eigenvalue weighted by molar-refractivity contribution is 7.94. The van der Waals surface area contributed by atoms with Crippen molar-refractivity contribution in [3.63, 3.8) is 0 Å². The molecule has 6 heteroatoms. The molecule has 1 atom stereocenters. The zero-order chi connectivity index (χ0) is 13.9. The fourth-order valence-electron chi connectivity index (χ4n) is 1.85. The number of rotatable bonds is 4. The Morgan fingerprint density at radius 2 is 2.00 bits per heavy atom. The Morgan fingerprint density at radius 3 is 2.58 bits per heavy atom. The van der Waals surface area contributed by atoms with E-state index in [1.807, 2.05) is 0 Å². The lowest BCUT2D eigenvalue weighted by atomic mass is 10.1. The highest BCUT2D eigenvalue weighted by atomic mass is 32.2. The molecule has 0 saturated carbocycles. The van der Waals surface area contributed by atoms with E-state index in [0.717, 1.165) is 5.41 Å². The van der Waals surface area contributed by atoms with Crippen molar-refractivity contribution in [2.45, 2.75) is 6.42 Å². The predicted molar refractivity (Wildman–Crippen MR) is 69.7 cm³/mol. The molecule has 102 valence electrons. The third-order valence-corrected chi connectivity index (χ3v) is 4.19. The monoisotopic (exact) mass is 282 g/mol. The number of para-hydroxylation sites is 2. The number of benzene rings is 1. The topological polar surface area (TPSA) is 69.7 Å². The van der Waals surface area contributed by atoms with Crippen molar-refractivity contribution in [1.82, 2.24) is 0 Å². The maximum Gasteiger partial charge on any atom is 0.311 e. The molecule has 1 aromatic carbocycles. The number of carbonyl (C=O) groups excluding carboxylic acids is 1. The number of carbonyl (C=O) groups is 1. The molecule has 0 spiro atoms. The van der Waals surface area contributed by atoms with Gasteiger partial charge in [-0.1, -0.05) is 18.2 Å². The third kappa shape index (κ3) is 3.57. The van der Waals surface area contributed by atoms with Crippen LogP contribution in [0, 0.1) is 5.92 Å². The fraction of sp³-hybridized carbons (Fsp3) is 0.308. The molecule has 0 aliphatic carbocycles. The van der Waals surface area contributed by atoms with Crippen LogP contribution in [0.25, 0.3) is 0 Å². The summed E-state index contributed by atoms with van der Waals surface area (Å²) in [5.41, 5.74) is 0. The Hall–Kier alpha value is -1.82. The van der Waals surface area contributed by atoms with Crippen LogP contribution in [0.15, 0.2) is 35.7 Å². The van der Waals surface area contributed by atoms with Crippen molar-refractivity contribution in [2.75, 3.05) is 12.9 Å². The van der Waals surface area contributed by atoms with Crippen molar-refractivity contribution in [1.29, 1.82) is 0 Å². The fourth-order valence-corrected chi connectivity index (χ4v) is 3.25. The van der Waals surface area contributed by atoms with Crippen molar-refractivity contribution >= 4 is 15.8 Å². The maximum atomic E-state index is 11.7. The van der Waals surface area contributed by atoms with Crippen LogP contribution in [0.4, 0.5) is 0 Å². The SMILES string of the molecule is COc1ccccc1OC(=O)CC1C=CS(=O)(=O)C1. The van der Waals surface area contributed by atoms with Gasteiger partial charge in [-0.15, -0.1) is 0 Å². The second-order valence-corrected chi connectivity index (χ2v) is 6.18. The number of sulfone groups is 1. The normalized spacial score (nSPS) is 20.2. The summed E-state index contributed by atoms with van der Waals surface area (Å²) in [6, 6.07) is 6.80. The van der Waals surface area contributed by atoms with Gasteiger partial charge in [-0.3, -0.25) is 4.79 Å². The van der Waals surface area contributed by atoms with Gasteiger partial charge in [0.1, 0.15) is 0 Å². The number of hydrogen-bond donors (Lipinski definition) is 0. The Kier molecular flexibility index (Phi) is 3.90. The van der Waals surface area contributed by atoms with E-state index in [-0.39, 0.29) is 18.1 Å². The molecule has 0 amide bonds. The first kappa shape index (κ1) is 13.6. The van der Waals surface area contributed by atoms with Crippen molar-refractivity contribution < 1.29 is 22.7 Å².